The highest BCUT2D eigenvalue weighted by Crippen LogP contribution is 2.37. The van der Waals surface area contributed by atoms with Crippen molar-refractivity contribution in [1.82, 2.24) is 4.98 Å². The normalized spacial score (nSPS) is 10.8. The molecule has 0 aliphatic carbocycles. The molecule has 0 fully saturated rings. The fraction of sp³-hybridized carbons (Fsp3) is 0.0625. The second-order valence-electron chi connectivity index (χ2n) is 4.50. The van der Waals surface area contributed by atoms with Gasteiger partial charge in [-0.05, 0) is 11.6 Å². The number of hydrogen-bond donors (Lipinski definition) is 2. The molecule has 0 aliphatic heterocycles. The summed E-state index contributed by atoms with van der Waals surface area (Å²) in [6.07, 6.45) is 0. The molecule has 3 N–H and O–H groups in total. The molecule has 20 heavy (non-hydrogen) atoms. The Kier molecular flexibility index (Phi) is 3.48. The van der Waals surface area contributed by atoms with Gasteiger partial charge in [-0.1, -0.05) is 48.5 Å². The summed E-state index contributed by atoms with van der Waals surface area (Å²) in [5, 5.41) is 1.12. The number of carbonyl (C=O) groups excluding carboxylic acids is 1. The molecule has 1 amide bonds. The van der Waals surface area contributed by atoms with Crippen LogP contribution in [0.3, 0.4) is 0 Å². The standard InChI is InChI=1S/C16H14N2OS/c17-14(19)10-20-16-12-8-4-5-9-13(12)18-15(16)11-6-2-1-3-7-11/h1-9,18H,10H2,(H2,17,19). The predicted octanol–water partition coefficient (Wildman–Crippen LogP) is 3.41. The Morgan fingerprint density at radius 2 is 1.75 bits per heavy atom. The van der Waals surface area contributed by atoms with Crippen LogP contribution in [0.25, 0.3) is 22.2 Å². The zero-order valence-corrected chi connectivity index (χ0v) is 11.6. The molecule has 0 saturated carbocycles. The highest BCUT2D eigenvalue weighted by atomic mass is 32.2. The lowest BCUT2D eigenvalue weighted by molar-refractivity contribution is -0.115. The molecule has 0 unspecified atom stereocenters. The number of H-pyrrole nitrogens is 1. The fourth-order valence-electron chi connectivity index (χ4n) is 2.22. The Morgan fingerprint density at radius 3 is 2.50 bits per heavy atom. The van der Waals surface area contributed by atoms with Crippen molar-refractivity contribution in [2.24, 2.45) is 5.73 Å². The van der Waals surface area contributed by atoms with Crippen LogP contribution in [0, 0.1) is 0 Å². The highest BCUT2D eigenvalue weighted by Gasteiger charge is 2.13. The molecule has 4 heteroatoms. The molecule has 0 aliphatic rings. The first-order valence-electron chi connectivity index (χ1n) is 6.33. The molecule has 1 heterocycles. The minimum absolute atomic E-state index is 0.279. The van der Waals surface area contributed by atoms with Gasteiger partial charge in [0, 0.05) is 15.8 Å². The smallest absolute Gasteiger partial charge is 0.227 e. The number of benzene rings is 2. The van der Waals surface area contributed by atoms with Crippen molar-refractivity contribution in [3.63, 3.8) is 0 Å². The van der Waals surface area contributed by atoms with Crippen LogP contribution in [0.4, 0.5) is 0 Å². The molecule has 100 valence electrons. The number of fused-ring (bicyclic) bond motifs is 1. The minimum atomic E-state index is -0.306. The van der Waals surface area contributed by atoms with Gasteiger partial charge in [-0.25, -0.2) is 0 Å². The molecule has 1 aromatic heterocycles. The fourth-order valence-corrected chi connectivity index (χ4v) is 3.15. The second kappa shape index (κ2) is 5.43. The number of carbonyl (C=O) groups is 1. The van der Waals surface area contributed by atoms with Gasteiger partial charge in [0.05, 0.1) is 11.4 Å². The van der Waals surface area contributed by atoms with Gasteiger partial charge in [0.1, 0.15) is 0 Å². The van der Waals surface area contributed by atoms with Crippen molar-refractivity contribution in [1.29, 1.82) is 0 Å². The van der Waals surface area contributed by atoms with Crippen molar-refractivity contribution in [2.45, 2.75) is 4.90 Å². The lowest BCUT2D eigenvalue weighted by Crippen LogP contribution is -2.12. The Morgan fingerprint density at radius 1 is 1.05 bits per heavy atom. The topological polar surface area (TPSA) is 58.9 Å². The van der Waals surface area contributed by atoms with Crippen LogP contribution in [-0.4, -0.2) is 16.6 Å². The van der Waals surface area contributed by atoms with E-state index >= 15 is 0 Å². The van der Waals surface area contributed by atoms with E-state index in [-0.39, 0.29) is 11.7 Å². The number of thioether (sulfide) groups is 1. The molecule has 2 aromatic carbocycles. The summed E-state index contributed by atoms with van der Waals surface area (Å²) >= 11 is 1.48. The molecular weight excluding hydrogens is 268 g/mol. The summed E-state index contributed by atoms with van der Waals surface area (Å²) in [4.78, 5) is 15.6. The molecule has 3 nitrogen and oxygen atoms in total. The predicted molar refractivity (Wildman–Crippen MR) is 83.7 cm³/mol. The van der Waals surface area contributed by atoms with Crippen molar-refractivity contribution < 1.29 is 4.79 Å². The summed E-state index contributed by atoms with van der Waals surface area (Å²) < 4.78 is 0. The summed E-state index contributed by atoms with van der Waals surface area (Å²) in [5.41, 5.74) is 8.49. The van der Waals surface area contributed by atoms with Gasteiger partial charge in [-0.15, -0.1) is 11.8 Å². The van der Waals surface area contributed by atoms with E-state index in [0.717, 1.165) is 27.1 Å². The molecule has 0 saturated heterocycles. The number of para-hydroxylation sites is 1. The summed E-state index contributed by atoms with van der Waals surface area (Å²) in [7, 11) is 0. The lowest BCUT2D eigenvalue weighted by atomic mass is 10.1. The zero-order valence-electron chi connectivity index (χ0n) is 10.8. The van der Waals surface area contributed by atoms with Crippen LogP contribution in [0.5, 0.6) is 0 Å². The Labute approximate surface area is 121 Å². The number of nitrogens with two attached hydrogens (primary N) is 1. The number of hydrogen-bond acceptors (Lipinski definition) is 2. The van der Waals surface area contributed by atoms with E-state index < -0.39 is 0 Å². The first-order valence-corrected chi connectivity index (χ1v) is 7.31. The third kappa shape index (κ3) is 2.42. The maximum Gasteiger partial charge on any atom is 0.227 e. The van der Waals surface area contributed by atoms with E-state index in [0.29, 0.717) is 0 Å². The lowest BCUT2D eigenvalue weighted by Gasteiger charge is -2.03. The van der Waals surface area contributed by atoms with E-state index in [1.165, 1.54) is 11.8 Å². The molecule has 0 bridgehead atoms. The van der Waals surface area contributed by atoms with Crippen molar-refractivity contribution in [3.05, 3.63) is 54.6 Å². The van der Waals surface area contributed by atoms with E-state index in [2.05, 4.69) is 23.2 Å². The molecule has 3 aromatic rings. The Bertz CT molecular complexity index is 750. The van der Waals surface area contributed by atoms with Crippen LogP contribution < -0.4 is 5.73 Å². The van der Waals surface area contributed by atoms with Gasteiger partial charge >= 0.3 is 0 Å². The average Bonchev–Trinajstić information content (AvgIpc) is 2.84. The number of nitrogens with one attached hydrogen (secondary N) is 1. The van der Waals surface area contributed by atoms with E-state index in [4.69, 9.17) is 5.73 Å². The van der Waals surface area contributed by atoms with E-state index in [9.17, 15) is 4.79 Å². The number of primary amides is 1. The van der Waals surface area contributed by atoms with Crippen molar-refractivity contribution in [3.8, 4) is 11.3 Å². The molecule has 0 atom stereocenters. The largest absolute Gasteiger partial charge is 0.369 e. The number of rotatable bonds is 4. The Balaban J connectivity index is 2.15. The van der Waals surface area contributed by atoms with Gasteiger partial charge < -0.3 is 10.7 Å². The Hall–Kier alpha value is -2.20. The van der Waals surface area contributed by atoms with Gasteiger partial charge in [0.15, 0.2) is 0 Å². The van der Waals surface area contributed by atoms with Crippen molar-refractivity contribution in [2.75, 3.05) is 5.75 Å². The van der Waals surface area contributed by atoms with Crippen LogP contribution in [0.15, 0.2) is 59.5 Å². The number of aromatic amines is 1. The van der Waals surface area contributed by atoms with E-state index in [1.54, 1.807) is 0 Å². The van der Waals surface area contributed by atoms with Gasteiger partial charge in [-0.3, -0.25) is 4.79 Å². The third-order valence-electron chi connectivity index (χ3n) is 3.08. The average molecular weight is 282 g/mol. The van der Waals surface area contributed by atoms with E-state index in [1.807, 2.05) is 36.4 Å². The highest BCUT2D eigenvalue weighted by molar-refractivity contribution is 8.00. The van der Waals surface area contributed by atoms with Crippen LogP contribution in [0.1, 0.15) is 0 Å². The van der Waals surface area contributed by atoms with Gasteiger partial charge in [-0.2, -0.15) is 0 Å². The van der Waals surface area contributed by atoms with Crippen LogP contribution in [0.2, 0.25) is 0 Å². The molecular formula is C16H14N2OS. The zero-order chi connectivity index (χ0) is 13.9. The second-order valence-corrected chi connectivity index (χ2v) is 5.48. The molecule has 0 spiro atoms. The third-order valence-corrected chi connectivity index (χ3v) is 4.22. The molecule has 3 rings (SSSR count). The summed E-state index contributed by atoms with van der Waals surface area (Å²) in [6.45, 7) is 0. The SMILES string of the molecule is NC(=O)CSc1c(-c2ccccc2)[nH]c2ccccc12. The first kappa shape index (κ1) is 12.8. The summed E-state index contributed by atoms with van der Waals surface area (Å²) in [5.74, 6) is -0.0268. The maximum atomic E-state index is 11.1. The number of amides is 1. The minimum Gasteiger partial charge on any atom is -0.369 e. The summed E-state index contributed by atoms with van der Waals surface area (Å²) in [6, 6.07) is 18.2. The molecule has 0 radical (unpaired) electrons. The van der Waals surface area contributed by atoms with Gasteiger partial charge in [0.25, 0.3) is 0 Å². The maximum absolute atomic E-state index is 11.1. The van der Waals surface area contributed by atoms with Crippen LogP contribution in [-0.2, 0) is 4.79 Å². The van der Waals surface area contributed by atoms with Crippen molar-refractivity contribution >= 4 is 28.6 Å². The quantitative estimate of drug-likeness (QED) is 0.720. The van der Waals surface area contributed by atoms with Crippen LogP contribution >= 0.6 is 11.8 Å². The van der Waals surface area contributed by atoms with Gasteiger partial charge in [0.2, 0.25) is 5.91 Å². The first-order chi connectivity index (χ1) is 9.75. The number of aromatic nitrogens is 1. The monoisotopic (exact) mass is 282 g/mol.